The van der Waals surface area contributed by atoms with E-state index in [1.807, 2.05) is 121 Å². The van der Waals surface area contributed by atoms with Gasteiger partial charge in [-0.15, -0.1) is 0 Å². The van der Waals surface area contributed by atoms with Crippen molar-refractivity contribution < 1.29 is 34.2 Å². The molecular weight excluding hydrogens is 785 g/mol. The number of likely N-dealkylation sites (N-methyl/N-ethyl adjacent to an activating group) is 4. The van der Waals surface area contributed by atoms with E-state index in [1.54, 1.807) is 0 Å². The summed E-state index contributed by atoms with van der Waals surface area (Å²) < 4.78 is 0. The molecule has 0 bridgehead atoms. The molecular formula is C49H56N6O7. The highest BCUT2D eigenvalue weighted by Crippen LogP contribution is 2.23. The summed E-state index contributed by atoms with van der Waals surface area (Å²) in [5.41, 5.74) is 15.8. The van der Waals surface area contributed by atoms with Gasteiger partial charge in [0.2, 0.25) is 29.5 Å². The minimum atomic E-state index is -1.16. The average molecular weight is 841 g/mol. The highest BCUT2D eigenvalue weighted by Gasteiger charge is 2.41. The third kappa shape index (κ3) is 12.1. The Bertz CT molecular complexity index is 2260. The molecule has 324 valence electrons. The van der Waals surface area contributed by atoms with Gasteiger partial charge >= 0.3 is 0 Å². The van der Waals surface area contributed by atoms with Gasteiger partial charge in [0.15, 0.2) is 0 Å². The smallest absolute Gasteiger partial charge is 0.246 e. The Morgan fingerprint density at radius 2 is 0.694 bits per heavy atom. The Morgan fingerprint density at radius 1 is 0.419 bits per heavy atom. The number of benzene rings is 5. The second-order valence-corrected chi connectivity index (χ2v) is 15.7. The van der Waals surface area contributed by atoms with Crippen molar-refractivity contribution in [2.75, 3.05) is 28.2 Å². The molecule has 5 rings (SSSR count). The van der Waals surface area contributed by atoms with Crippen molar-refractivity contribution in [2.45, 2.75) is 62.3 Å². The molecule has 5 aromatic carbocycles. The maximum Gasteiger partial charge on any atom is 0.246 e. The van der Waals surface area contributed by atoms with E-state index in [0.717, 1.165) is 22.3 Å². The van der Waals surface area contributed by atoms with Crippen molar-refractivity contribution in [3.8, 4) is 11.5 Å². The van der Waals surface area contributed by atoms with Crippen LogP contribution < -0.4 is 11.5 Å². The molecule has 5 aromatic rings. The van der Waals surface area contributed by atoms with Crippen LogP contribution in [-0.4, -0.2) is 118 Å². The van der Waals surface area contributed by atoms with E-state index in [-0.39, 0.29) is 43.6 Å². The molecule has 0 saturated heterocycles. The summed E-state index contributed by atoms with van der Waals surface area (Å²) >= 11 is 0. The van der Waals surface area contributed by atoms with Crippen molar-refractivity contribution in [3.63, 3.8) is 0 Å². The van der Waals surface area contributed by atoms with Crippen LogP contribution in [0.4, 0.5) is 0 Å². The van der Waals surface area contributed by atoms with Gasteiger partial charge < -0.3 is 41.3 Å². The zero-order valence-corrected chi connectivity index (χ0v) is 35.6. The molecule has 6 N–H and O–H groups in total. The number of primary amides is 1. The number of hydrogen-bond acceptors (Lipinski definition) is 8. The topological polar surface area (TPSA) is 191 Å². The highest BCUT2D eigenvalue weighted by molar-refractivity contribution is 5.96. The standard InChI is InChI=1S/C49H56N6O7/c1-52(41(45(51)58)28-33-17-9-5-10-18-33)47(60)43(30-35-21-13-7-14-22-35)54(3)49(62)44(31-36-23-15-8-16-24-36)55(4)48(61)42(29-34-19-11-6-12-20-34)53(2)46(59)40(50)27-37-25-38(56)32-39(57)26-37/h5-26,32,40-44,56-57H,27-31,50H2,1-4H3,(H2,51,58)/t40-,41-,42-,43-,44-/m0/s1. The summed E-state index contributed by atoms with van der Waals surface area (Å²) in [5.74, 6) is -3.26. The van der Waals surface area contributed by atoms with Crippen molar-refractivity contribution >= 4 is 29.5 Å². The summed E-state index contributed by atoms with van der Waals surface area (Å²) in [4.78, 5) is 77.0. The van der Waals surface area contributed by atoms with E-state index in [4.69, 9.17) is 11.5 Å². The van der Waals surface area contributed by atoms with Crippen LogP contribution >= 0.6 is 0 Å². The fourth-order valence-corrected chi connectivity index (χ4v) is 7.64. The number of phenolic OH excluding ortho intramolecular Hbond substituents is 2. The first-order valence-electron chi connectivity index (χ1n) is 20.4. The number of carbonyl (C=O) groups excluding carboxylic acids is 5. The summed E-state index contributed by atoms with van der Waals surface area (Å²) in [6, 6.07) is 35.1. The maximum atomic E-state index is 15.1. The third-order valence-corrected chi connectivity index (χ3v) is 11.3. The molecule has 0 aromatic heterocycles. The molecule has 13 heteroatoms. The molecule has 0 spiro atoms. The van der Waals surface area contributed by atoms with Crippen molar-refractivity contribution in [3.05, 3.63) is 167 Å². The quantitative estimate of drug-likeness (QED) is 0.0968. The van der Waals surface area contributed by atoms with E-state index in [0.29, 0.717) is 5.56 Å². The summed E-state index contributed by atoms with van der Waals surface area (Å²) in [6.07, 6.45) is 0.380. The van der Waals surface area contributed by atoms with Gasteiger partial charge in [0.1, 0.15) is 35.7 Å². The van der Waals surface area contributed by atoms with E-state index in [2.05, 4.69) is 0 Å². The van der Waals surface area contributed by atoms with Crippen LogP contribution in [0.2, 0.25) is 0 Å². The first-order chi connectivity index (χ1) is 29.6. The van der Waals surface area contributed by atoms with Crippen molar-refractivity contribution in [1.82, 2.24) is 19.6 Å². The van der Waals surface area contributed by atoms with Crippen LogP contribution in [-0.2, 0) is 56.1 Å². The fraction of sp³-hybridized carbons (Fsp3) is 0.286. The van der Waals surface area contributed by atoms with Crippen molar-refractivity contribution in [2.24, 2.45) is 11.5 Å². The number of nitrogens with zero attached hydrogens (tertiary/aromatic N) is 4. The molecule has 62 heavy (non-hydrogen) atoms. The first kappa shape index (κ1) is 46.1. The van der Waals surface area contributed by atoms with Crippen LogP contribution in [0.1, 0.15) is 27.8 Å². The second kappa shape index (κ2) is 21.5. The van der Waals surface area contributed by atoms with Crippen LogP contribution in [0.5, 0.6) is 11.5 Å². The third-order valence-electron chi connectivity index (χ3n) is 11.3. The zero-order chi connectivity index (χ0) is 44.9. The number of hydrogen-bond donors (Lipinski definition) is 4. The lowest BCUT2D eigenvalue weighted by Crippen LogP contribution is -2.60. The minimum absolute atomic E-state index is 0.0413. The number of nitrogens with two attached hydrogens (primary N) is 2. The first-order valence-corrected chi connectivity index (χ1v) is 20.4. The Balaban J connectivity index is 1.50. The van der Waals surface area contributed by atoms with Gasteiger partial charge in [0.05, 0.1) is 6.04 Å². The second-order valence-electron chi connectivity index (χ2n) is 15.7. The van der Waals surface area contributed by atoms with Gasteiger partial charge in [-0.05, 0) is 46.4 Å². The molecule has 0 unspecified atom stereocenters. The molecule has 0 aliphatic rings. The fourth-order valence-electron chi connectivity index (χ4n) is 7.64. The molecule has 0 aliphatic heterocycles. The molecule has 13 nitrogen and oxygen atoms in total. The number of carbonyl (C=O) groups is 5. The van der Waals surface area contributed by atoms with Gasteiger partial charge in [-0.1, -0.05) is 121 Å². The van der Waals surface area contributed by atoms with Crippen LogP contribution in [0.25, 0.3) is 0 Å². The summed E-state index contributed by atoms with van der Waals surface area (Å²) in [5, 5.41) is 20.1. The largest absolute Gasteiger partial charge is 0.508 e. The van der Waals surface area contributed by atoms with E-state index >= 15 is 4.79 Å². The Morgan fingerprint density at radius 3 is 1.00 bits per heavy atom. The van der Waals surface area contributed by atoms with Crippen LogP contribution in [0.3, 0.4) is 0 Å². The molecule has 0 fully saturated rings. The number of amides is 5. The van der Waals surface area contributed by atoms with Gasteiger partial charge in [-0.3, -0.25) is 24.0 Å². The van der Waals surface area contributed by atoms with Crippen LogP contribution in [0.15, 0.2) is 140 Å². The van der Waals surface area contributed by atoms with E-state index in [9.17, 15) is 29.4 Å². The lowest BCUT2D eigenvalue weighted by atomic mass is 9.97. The number of aromatic hydroxyl groups is 2. The molecule has 0 heterocycles. The number of phenols is 2. The molecule has 5 atom stereocenters. The predicted molar refractivity (Wildman–Crippen MR) is 237 cm³/mol. The summed E-state index contributed by atoms with van der Waals surface area (Å²) in [6.45, 7) is 0. The van der Waals surface area contributed by atoms with Gasteiger partial charge in [0, 0.05) is 59.9 Å². The van der Waals surface area contributed by atoms with E-state index in [1.165, 1.54) is 66.0 Å². The predicted octanol–water partition coefficient (Wildman–Crippen LogP) is 3.73. The van der Waals surface area contributed by atoms with Crippen molar-refractivity contribution in [1.29, 1.82) is 0 Å². The van der Waals surface area contributed by atoms with Crippen LogP contribution in [0, 0.1) is 0 Å². The molecule has 0 aliphatic carbocycles. The Kier molecular flexibility index (Phi) is 16.0. The molecule has 5 amide bonds. The highest BCUT2D eigenvalue weighted by atomic mass is 16.3. The Hall–Kier alpha value is -6.99. The molecule has 0 radical (unpaired) electrons. The van der Waals surface area contributed by atoms with E-state index < -0.39 is 59.7 Å². The minimum Gasteiger partial charge on any atom is -0.508 e. The Labute approximate surface area is 363 Å². The van der Waals surface area contributed by atoms with Gasteiger partial charge in [0.25, 0.3) is 0 Å². The maximum absolute atomic E-state index is 15.1. The zero-order valence-electron chi connectivity index (χ0n) is 35.6. The average Bonchev–Trinajstić information content (AvgIpc) is 3.27. The molecule has 0 saturated carbocycles. The number of rotatable bonds is 19. The van der Waals surface area contributed by atoms with Gasteiger partial charge in [-0.25, -0.2) is 0 Å². The SMILES string of the molecule is CN(C(=O)[C@@H](N)Cc1cc(O)cc(O)c1)[C@@H](Cc1ccccc1)C(=O)N(C)[C@@H](Cc1ccccc1)C(=O)N(C)[C@@H](Cc1ccccc1)C(=O)N(C)[C@@H](Cc1ccccc1)C(N)=O. The van der Waals surface area contributed by atoms with Gasteiger partial charge in [-0.2, -0.15) is 0 Å². The lowest BCUT2D eigenvalue weighted by molar-refractivity contribution is -0.153. The monoisotopic (exact) mass is 840 g/mol. The summed E-state index contributed by atoms with van der Waals surface area (Å²) in [7, 11) is 6.01. The normalized spacial score (nSPS) is 13.4. The lowest BCUT2D eigenvalue weighted by Gasteiger charge is -2.39.